The molecule has 3 fully saturated rings. The number of rotatable bonds is 2. The summed E-state index contributed by atoms with van der Waals surface area (Å²) >= 11 is 0. The lowest BCUT2D eigenvalue weighted by atomic mass is 9.84. The molecule has 4 atom stereocenters. The molecule has 2 saturated carbocycles. The number of aromatic amines is 1. The van der Waals surface area contributed by atoms with Gasteiger partial charge in [-0.2, -0.15) is 0 Å². The van der Waals surface area contributed by atoms with Crippen molar-refractivity contribution in [3.8, 4) is 0 Å². The van der Waals surface area contributed by atoms with Crippen molar-refractivity contribution < 1.29 is 9.59 Å². The second-order valence-electron chi connectivity index (χ2n) is 8.32. The number of H-pyrrole nitrogens is 1. The predicted molar refractivity (Wildman–Crippen MR) is 103 cm³/mol. The molecular weight excluding hydrogens is 340 g/mol. The normalized spacial score (nSPS) is 30.3. The number of benzene rings is 1. The van der Waals surface area contributed by atoms with E-state index in [1.165, 1.54) is 6.42 Å². The topological polar surface area (TPSA) is 82.4 Å². The van der Waals surface area contributed by atoms with E-state index in [-0.39, 0.29) is 23.8 Å². The minimum Gasteiger partial charge on any atom is -0.351 e. The molecule has 2 aliphatic carbocycles. The van der Waals surface area contributed by atoms with Gasteiger partial charge in [0.25, 0.3) is 5.91 Å². The summed E-state index contributed by atoms with van der Waals surface area (Å²) in [5.41, 5.74) is 7.93. The van der Waals surface area contributed by atoms with Crippen LogP contribution in [0.3, 0.4) is 0 Å². The summed E-state index contributed by atoms with van der Waals surface area (Å²) < 4.78 is 0. The fourth-order valence-electron chi connectivity index (χ4n) is 5.40. The van der Waals surface area contributed by atoms with Crippen LogP contribution < -0.4 is 5.73 Å². The first-order valence-electron chi connectivity index (χ1n) is 10.0. The van der Waals surface area contributed by atoms with Crippen molar-refractivity contribution in [1.29, 1.82) is 0 Å². The number of para-hydroxylation sites is 1. The number of aromatic nitrogens is 1. The highest BCUT2D eigenvalue weighted by Crippen LogP contribution is 2.48. The van der Waals surface area contributed by atoms with Gasteiger partial charge in [0.15, 0.2) is 0 Å². The Morgan fingerprint density at radius 3 is 2.41 bits per heavy atom. The largest absolute Gasteiger partial charge is 0.351 e. The van der Waals surface area contributed by atoms with E-state index < -0.39 is 0 Å². The van der Waals surface area contributed by atoms with E-state index >= 15 is 0 Å². The number of amides is 2. The first-order chi connectivity index (χ1) is 13.1. The summed E-state index contributed by atoms with van der Waals surface area (Å²) in [7, 11) is 0. The van der Waals surface area contributed by atoms with Crippen molar-refractivity contribution >= 4 is 22.7 Å². The van der Waals surface area contributed by atoms with Crippen molar-refractivity contribution in [3.05, 3.63) is 36.0 Å². The van der Waals surface area contributed by atoms with Crippen LogP contribution in [-0.2, 0) is 4.79 Å². The van der Waals surface area contributed by atoms with Gasteiger partial charge in [-0.25, -0.2) is 0 Å². The molecule has 2 heterocycles. The Kier molecular flexibility index (Phi) is 3.97. The van der Waals surface area contributed by atoms with Crippen LogP contribution in [0.15, 0.2) is 30.3 Å². The van der Waals surface area contributed by atoms with Gasteiger partial charge in [-0.05, 0) is 43.2 Å². The van der Waals surface area contributed by atoms with E-state index in [2.05, 4.69) is 4.98 Å². The Balaban J connectivity index is 1.23. The molecule has 1 aromatic carbocycles. The molecule has 2 bridgehead atoms. The van der Waals surface area contributed by atoms with E-state index in [0.29, 0.717) is 43.7 Å². The fraction of sp³-hybridized carbons (Fsp3) is 0.524. The summed E-state index contributed by atoms with van der Waals surface area (Å²) in [4.78, 5) is 32.8. The highest BCUT2D eigenvalue weighted by Gasteiger charge is 2.50. The zero-order valence-corrected chi connectivity index (χ0v) is 15.4. The minimum atomic E-state index is -0.000271. The van der Waals surface area contributed by atoms with Crippen molar-refractivity contribution in [2.24, 2.45) is 23.5 Å². The maximum Gasteiger partial charge on any atom is 0.270 e. The number of fused-ring (bicyclic) bond motifs is 3. The van der Waals surface area contributed by atoms with Gasteiger partial charge < -0.3 is 20.5 Å². The number of nitrogens with one attached hydrogen (secondary N) is 1. The summed E-state index contributed by atoms with van der Waals surface area (Å²) in [6.07, 6.45) is 3.45. The fourth-order valence-corrected chi connectivity index (χ4v) is 5.40. The Labute approximate surface area is 158 Å². The predicted octanol–water partition coefficient (Wildman–Crippen LogP) is 1.83. The average molecular weight is 366 g/mol. The van der Waals surface area contributed by atoms with Crippen LogP contribution >= 0.6 is 0 Å². The van der Waals surface area contributed by atoms with Gasteiger partial charge in [-0.3, -0.25) is 9.59 Å². The molecule has 1 aromatic heterocycles. The summed E-state index contributed by atoms with van der Waals surface area (Å²) in [6, 6.07) is 9.83. The summed E-state index contributed by atoms with van der Waals surface area (Å²) in [5.74, 6) is 1.24. The Morgan fingerprint density at radius 1 is 1.00 bits per heavy atom. The standard InChI is InChI=1S/C21H26N4O2/c22-19-15-6-5-14(11-15)18(19)21(27)25-9-7-24(8-10-25)20(26)17-12-13-3-1-2-4-16(13)23-17/h1-4,12,14-15,18-19,23H,5-11,22H2. The molecule has 3 aliphatic rings. The van der Waals surface area contributed by atoms with E-state index in [1.54, 1.807) is 0 Å². The lowest BCUT2D eigenvalue weighted by Crippen LogP contribution is -2.54. The van der Waals surface area contributed by atoms with Crippen LogP contribution in [0.5, 0.6) is 0 Å². The van der Waals surface area contributed by atoms with Crippen molar-refractivity contribution in [3.63, 3.8) is 0 Å². The number of hydrogen-bond donors (Lipinski definition) is 2. The van der Waals surface area contributed by atoms with E-state index in [9.17, 15) is 9.59 Å². The number of carbonyl (C=O) groups is 2. The summed E-state index contributed by atoms with van der Waals surface area (Å²) in [5, 5.41) is 1.04. The third kappa shape index (κ3) is 2.74. The molecule has 3 N–H and O–H groups in total. The highest BCUT2D eigenvalue weighted by molar-refractivity contribution is 5.98. The lowest BCUT2D eigenvalue weighted by molar-refractivity contribution is -0.139. The molecule has 142 valence electrons. The minimum absolute atomic E-state index is 0.000271. The molecule has 1 aliphatic heterocycles. The number of hydrogen-bond acceptors (Lipinski definition) is 3. The second-order valence-corrected chi connectivity index (χ2v) is 8.32. The molecule has 27 heavy (non-hydrogen) atoms. The molecule has 1 saturated heterocycles. The van der Waals surface area contributed by atoms with Crippen LogP contribution in [-0.4, -0.2) is 58.8 Å². The van der Waals surface area contributed by atoms with Crippen LogP contribution in [0.4, 0.5) is 0 Å². The molecule has 6 nitrogen and oxygen atoms in total. The maximum atomic E-state index is 13.0. The molecule has 2 aromatic rings. The average Bonchev–Trinajstić information content (AvgIpc) is 3.41. The molecule has 2 amide bonds. The molecule has 0 spiro atoms. The molecule has 5 rings (SSSR count). The van der Waals surface area contributed by atoms with E-state index in [4.69, 9.17) is 5.73 Å². The van der Waals surface area contributed by atoms with E-state index in [0.717, 1.165) is 23.7 Å². The smallest absolute Gasteiger partial charge is 0.270 e. The lowest BCUT2D eigenvalue weighted by Gasteiger charge is -2.38. The van der Waals surface area contributed by atoms with Gasteiger partial charge in [0.2, 0.25) is 5.91 Å². The zero-order valence-electron chi connectivity index (χ0n) is 15.4. The number of nitrogens with two attached hydrogens (primary N) is 1. The molecule has 6 heteroatoms. The molecule has 0 radical (unpaired) electrons. The van der Waals surface area contributed by atoms with Gasteiger partial charge in [-0.1, -0.05) is 18.2 Å². The van der Waals surface area contributed by atoms with Crippen molar-refractivity contribution in [2.45, 2.75) is 25.3 Å². The van der Waals surface area contributed by atoms with Crippen LogP contribution in [0.25, 0.3) is 10.9 Å². The number of piperazine rings is 1. The maximum absolute atomic E-state index is 13.0. The zero-order chi connectivity index (χ0) is 18.5. The Morgan fingerprint density at radius 2 is 1.70 bits per heavy atom. The van der Waals surface area contributed by atoms with Crippen LogP contribution in [0.1, 0.15) is 29.8 Å². The third-order valence-electron chi connectivity index (χ3n) is 6.90. The van der Waals surface area contributed by atoms with Crippen molar-refractivity contribution in [2.75, 3.05) is 26.2 Å². The molecule has 4 unspecified atom stereocenters. The van der Waals surface area contributed by atoms with Crippen LogP contribution in [0.2, 0.25) is 0 Å². The first kappa shape index (κ1) is 16.8. The van der Waals surface area contributed by atoms with Gasteiger partial charge in [0, 0.05) is 43.1 Å². The number of carbonyl (C=O) groups excluding carboxylic acids is 2. The van der Waals surface area contributed by atoms with Gasteiger partial charge in [0.05, 0.1) is 5.92 Å². The Bertz CT molecular complexity index is 848. The second kappa shape index (κ2) is 6.37. The third-order valence-corrected chi connectivity index (χ3v) is 6.90. The van der Waals surface area contributed by atoms with Gasteiger partial charge in [-0.15, -0.1) is 0 Å². The van der Waals surface area contributed by atoms with Gasteiger partial charge >= 0.3 is 0 Å². The quantitative estimate of drug-likeness (QED) is 0.851. The number of nitrogens with zero attached hydrogens (tertiary/aromatic N) is 2. The van der Waals surface area contributed by atoms with Crippen molar-refractivity contribution in [1.82, 2.24) is 14.8 Å². The first-order valence-corrected chi connectivity index (χ1v) is 10.0. The SMILES string of the molecule is NC1C2CCC(C2)C1C(=O)N1CCN(C(=O)c2cc3ccccc3[nH]2)CC1. The van der Waals surface area contributed by atoms with Crippen LogP contribution in [0, 0.1) is 17.8 Å². The summed E-state index contributed by atoms with van der Waals surface area (Å²) in [6.45, 7) is 2.36. The molecular formula is C21H26N4O2. The van der Waals surface area contributed by atoms with Gasteiger partial charge in [0.1, 0.15) is 5.69 Å². The van der Waals surface area contributed by atoms with E-state index in [1.807, 2.05) is 40.1 Å². The monoisotopic (exact) mass is 366 g/mol. The highest BCUT2D eigenvalue weighted by atomic mass is 16.2. The Hall–Kier alpha value is -2.34.